The highest BCUT2D eigenvalue weighted by Gasteiger charge is 2.59. The van der Waals surface area contributed by atoms with Gasteiger partial charge in [-0.2, -0.15) is 13.8 Å². The first-order chi connectivity index (χ1) is 16.4. The zero-order valence-electron chi connectivity index (χ0n) is 17.7. The lowest BCUT2D eigenvalue weighted by molar-refractivity contribution is -0.140. The molecule has 15 nitrogen and oxygen atoms in total. The molecule has 2 aromatic rings. The Labute approximate surface area is 193 Å². The third-order valence-electron chi connectivity index (χ3n) is 5.31. The van der Waals surface area contributed by atoms with Gasteiger partial charge in [-0.15, -0.1) is 0 Å². The molecule has 2 saturated heterocycles. The standard InChI is InChI=1S/C9H11F2N3O4.C9H12N2O6/c10-9(11)6(16)4(3-15)18-7(9)14-2-1-5(12)13-8(14)17;12-3-4-6(14)7(15)8(17-4)11-2-1-5(13)10-9(11)16/h1-2,4,6-7,15-16H,3H2,(H2,12,13,17);1-2,4,6-8,12,14-15H,3H2,(H,10,13,16)/t4-,6-,7-;4-,6-,7-,8-/m11/s1. The molecule has 2 aromatic heterocycles. The van der Waals surface area contributed by atoms with Crippen molar-refractivity contribution in [1.29, 1.82) is 0 Å². The number of nitrogens with two attached hydrogens (primary N) is 1. The average Bonchev–Trinajstić information content (AvgIpc) is 3.21. The average molecular weight is 507 g/mol. The highest BCUT2D eigenvalue weighted by atomic mass is 19.3. The number of aliphatic hydroxyl groups is 5. The fourth-order valence-electron chi connectivity index (χ4n) is 3.46. The van der Waals surface area contributed by atoms with Crippen LogP contribution in [-0.4, -0.2) is 94.3 Å². The van der Waals surface area contributed by atoms with Gasteiger partial charge in [-0.1, -0.05) is 0 Å². The Morgan fingerprint density at radius 2 is 1.63 bits per heavy atom. The van der Waals surface area contributed by atoms with E-state index >= 15 is 0 Å². The van der Waals surface area contributed by atoms with E-state index in [0.717, 1.165) is 29.1 Å². The van der Waals surface area contributed by atoms with E-state index in [1.807, 2.05) is 4.98 Å². The van der Waals surface area contributed by atoms with Crippen molar-refractivity contribution in [1.82, 2.24) is 19.1 Å². The van der Waals surface area contributed by atoms with Gasteiger partial charge in [0.15, 0.2) is 12.3 Å². The summed E-state index contributed by atoms with van der Waals surface area (Å²) in [5.74, 6) is -3.83. The minimum absolute atomic E-state index is 0.114. The lowest BCUT2D eigenvalue weighted by Gasteiger charge is -2.20. The van der Waals surface area contributed by atoms with E-state index in [1.165, 1.54) is 0 Å². The number of aromatic amines is 1. The molecule has 2 aliphatic heterocycles. The topological polar surface area (TPSA) is 235 Å². The predicted molar refractivity (Wildman–Crippen MR) is 109 cm³/mol. The Morgan fingerprint density at radius 3 is 2.14 bits per heavy atom. The maximum atomic E-state index is 13.7. The van der Waals surface area contributed by atoms with Gasteiger partial charge >= 0.3 is 17.3 Å². The number of H-pyrrole nitrogens is 1. The molecule has 2 aliphatic rings. The number of halogens is 2. The van der Waals surface area contributed by atoms with Crippen molar-refractivity contribution in [3.05, 3.63) is 55.8 Å². The molecule has 17 heteroatoms. The van der Waals surface area contributed by atoms with Gasteiger partial charge in [-0.05, 0) is 6.07 Å². The quantitative estimate of drug-likeness (QED) is 0.209. The second-order valence-corrected chi connectivity index (χ2v) is 7.62. The lowest BCUT2D eigenvalue weighted by Crippen LogP contribution is -2.41. The number of hydrogen-bond acceptors (Lipinski definition) is 12. The van der Waals surface area contributed by atoms with Crippen molar-refractivity contribution in [3.63, 3.8) is 0 Å². The molecule has 0 aromatic carbocycles. The van der Waals surface area contributed by atoms with Gasteiger partial charge in [0.05, 0.1) is 13.2 Å². The summed E-state index contributed by atoms with van der Waals surface area (Å²) in [6.07, 6.45) is -8.27. The number of alkyl halides is 2. The van der Waals surface area contributed by atoms with Crippen LogP contribution in [0.2, 0.25) is 0 Å². The van der Waals surface area contributed by atoms with E-state index in [-0.39, 0.29) is 5.82 Å². The predicted octanol–water partition coefficient (Wildman–Crippen LogP) is -4.14. The number of nitrogens with zero attached hydrogens (tertiary/aromatic N) is 3. The molecule has 0 radical (unpaired) electrons. The summed E-state index contributed by atoms with van der Waals surface area (Å²) in [6.45, 7) is -1.27. The number of hydrogen-bond donors (Lipinski definition) is 7. The maximum Gasteiger partial charge on any atom is 0.351 e. The fourth-order valence-corrected chi connectivity index (χ4v) is 3.46. The Hall–Kier alpha value is -3.06. The van der Waals surface area contributed by atoms with E-state index in [4.69, 9.17) is 25.4 Å². The fraction of sp³-hybridized carbons (Fsp3) is 0.556. The normalized spacial score (nSPS) is 31.7. The van der Waals surface area contributed by atoms with Crippen LogP contribution >= 0.6 is 0 Å². The summed E-state index contributed by atoms with van der Waals surface area (Å²) < 4.78 is 38.8. The van der Waals surface area contributed by atoms with Crippen LogP contribution in [0, 0.1) is 0 Å². The zero-order valence-corrected chi connectivity index (χ0v) is 17.7. The van der Waals surface area contributed by atoms with Gasteiger partial charge in [0.2, 0.25) is 6.23 Å². The number of aromatic nitrogens is 4. The molecule has 7 atom stereocenters. The highest BCUT2D eigenvalue weighted by molar-refractivity contribution is 5.23. The first kappa shape index (κ1) is 26.5. The van der Waals surface area contributed by atoms with Crippen molar-refractivity contribution >= 4 is 5.82 Å². The number of rotatable bonds is 4. The number of aliphatic hydroxyl groups excluding tert-OH is 5. The van der Waals surface area contributed by atoms with Gasteiger partial charge < -0.3 is 40.7 Å². The van der Waals surface area contributed by atoms with Crippen molar-refractivity contribution in [2.75, 3.05) is 18.9 Å². The molecule has 0 bridgehead atoms. The maximum absolute atomic E-state index is 13.7. The smallest absolute Gasteiger partial charge is 0.351 e. The molecular weight excluding hydrogens is 484 g/mol. The zero-order chi connectivity index (χ0) is 26.1. The minimum Gasteiger partial charge on any atom is -0.394 e. The third kappa shape index (κ3) is 5.15. The monoisotopic (exact) mass is 507 g/mol. The first-order valence-corrected chi connectivity index (χ1v) is 10.0. The summed E-state index contributed by atoms with van der Waals surface area (Å²) in [4.78, 5) is 39.0. The largest absolute Gasteiger partial charge is 0.394 e. The second-order valence-electron chi connectivity index (χ2n) is 7.62. The number of anilines is 1. The van der Waals surface area contributed by atoms with Gasteiger partial charge in [0, 0.05) is 18.5 Å². The summed E-state index contributed by atoms with van der Waals surface area (Å²) in [5.41, 5.74) is 2.88. The van der Waals surface area contributed by atoms with E-state index < -0.39 is 79.1 Å². The van der Waals surface area contributed by atoms with Crippen LogP contribution in [0.15, 0.2) is 38.9 Å². The van der Waals surface area contributed by atoms with Crippen molar-refractivity contribution < 1.29 is 43.8 Å². The molecule has 4 rings (SSSR count). The van der Waals surface area contributed by atoms with E-state index in [2.05, 4.69) is 4.98 Å². The van der Waals surface area contributed by atoms with Crippen LogP contribution in [0.1, 0.15) is 12.5 Å². The molecule has 0 unspecified atom stereocenters. The van der Waals surface area contributed by atoms with Crippen LogP contribution in [-0.2, 0) is 9.47 Å². The van der Waals surface area contributed by atoms with Gasteiger partial charge in [-0.25, -0.2) is 9.59 Å². The SMILES string of the molecule is Nc1ccn([C@@H]2O[C@H](CO)[C@@H](O)C2(F)F)c(=O)n1.O=c1ccn([C@@H]2O[C@H](CO)[C@@H](O)[C@H]2O)c(=O)[nH]1. The lowest BCUT2D eigenvalue weighted by atomic mass is 10.1. The molecule has 0 saturated carbocycles. The van der Waals surface area contributed by atoms with Crippen molar-refractivity contribution in [3.8, 4) is 0 Å². The summed E-state index contributed by atoms with van der Waals surface area (Å²) >= 11 is 0. The van der Waals surface area contributed by atoms with Crippen molar-refractivity contribution in [2.24, 2.45) is 0 Å². The van der Waals surface area contributed by atoms with Crippen molar-refractivity contribution in [2.45, 2.75) is 48.9 Å². The Bertz CT molecular complexity index is 1200. The van der Waals surface area contributed by atoms with Crippen LogP contribution in [0.25, 0.3) is 0 Å². The molecule has 4 heterocycles. The Balaban J connectivity index is 0.000000196. The Morgan fingerprint density at radius 1 is 1.00 bits per heavy atom. The molecule has 194 valence electrons. The first-order valence-electron chi connectivity index (χ1n) is 10.0. The van der Waals surface area contributed by atoms with Gasteiger partial charge in [0.25, 0.3) is 5.56 Å². The Kier molecular flexibility index (Phi) is 7.80. The second kappa shape index (κ2) is 10.3. The molecule has 2 fully saturated rings. The minimum atomic E-state index is -3.71. The van der Waals surface area contributed by atoms with Crippen LogP contribution < -0.4 is 22.7 Å². The summed E-state index contributed by atoms with van der Waals surface area (Å²) in [5, 5.41) is 46.2. The third-order valence-corrected chi connectivity index (χ3v) is 5.31. The number of nitrogens with one attached hydrogen (secondary N) is 1. The van der Waals surface area contributed by atoms with Crippen LogP contribution in [0.5, 0.6) is 0 Å². The van der Waals surface area contributed by atoms with Gasteiger partial charge in [0.1, 0.15) is 30.2 Å². The number of ether oxygens (including phenoxy) is 2. The van der Waals surface area contributed by atoms with E-state index in [1.54, 1.807) is 0 Å². The summed E-state index contributed by atoms with van der Waals surface area (Å²) in [7, 11) is 0. The van der Waals surface area contributed by atoms with Gasteiger partial charge in [-0.3, -0.25) is 18.9 Å². The number of nitrogen functional groups attached to an aromatic ring is 1. The van der Waals surface area contributed by atoms with Crippen LogP contribution in [0.3, 0.4) is 0 Å². The molecule has 35 heavy (non-hydrogen) atoms. The molecule has 0 amide bonds. The molecule has 0 spiro atoms. The molecular formula is C18H23F2N5O10. The highest BCUT2D eigenvalue weighted by Crippen LogP contribution is 2.41. The van der Waals surface area contributed by atoms with Crippen LogP contribution in [0.4, 0.5) is 14.6 Å². The van der Waals surface area contributed by atoms with E-state index in [9.17, 15) is 38.5 Å². The summed E-state index contributed by atoms with van der Waals surface area (Å²) in [6, 6.07) is 2.25. The van der Waals surface area contributed by atoms with E-state index in [0.29, 0.717) is 4.57 Å². The molecule has 0 aliphatic carbocycles. The molecule has 8 N–H and O–H groups in total.